The SMILES string of the molecule is CNc1ncc(-c2ccc3ncc4c(c3c2)n(-c2cn(C(C)C)nc2C)c(=O)n4C)cc1F. The summed E-state index contributed by atoms with van der Waals surface area (Å²) in [4.78, 5) is 22.0. The summed E-state index contributed by atoms with van der Waals surface area (Å²) in [6, 6.07) is 7.29. The molecule has 0 saturated carbocycles. The van der Waals surface area contributed by atoms with E-state index in [2.05, 4.69) is 20.4 Å². The van der Waals surface area contributed by atoms with Crippen LogP contribution < -0.4 is 11.0 Å². The van der Waals surface area contributed by atoms with Crippen molar-refractivity contribution in [2.45, 2.75) is 26.8 Å². The van der Waals surface area contributed by atoms with E-state index < -0.39 is 5.82 Å². The van der Waals surface area contributed by atoms with E-state index >= 15 is 0 Å². The van der Waals surface area contributed by atoms with Crippen molar-refractivity contribution in [3.8, 4) is 16.8 Å². The molecule has 0 bridgehead atoms. The minimum absolute atomic E-state index is 0.163. The molecule has 4 heterocycles. The van der Waals surface area contributed by atoms with Crippen molar-refractivity contribution in [2.24, 2.45) is 7.05 Å². The number of benzene rings is 1. The van der Waals surface area contributed by atoms with E-state index in [1.807, 2.05) is 49.8 Å². The Bertz CT molecular complexity index is 1590. The van der Waals surface area contributed by atoms with Crippen LogP contribution in [0.25, 0.3) is 38.8 Å². The van der Waals surface area contributed by atoms with Crippen LogP contribution in [0, 0.1) is 12.7 Å². The average Bonchev–Trinajstić information content (AvgIpc) is 3.30. The van der Waals surface area contributed by atoms with Gasteiger partial charge < -0.3 is 5.32 Å². The van der Waals surface area contributed by atoms with Gasteiger partial charge in [-0.1, -0.05) is 6.07 Å². The first-order valence-corrected chi connectivity index (χ1v) is 10.7. The van der Waals surface area contributed by atoms with Crippen LogP contribution in [0.4, 0.5) is 10.2 Å². The molecule has 5 rings (SSSR count). The number of imidazole rings is 1. The van der Waals surface area contributed by atoms with Crippen LogP contribution in [0.2, 0.25) is 0 Å². The van der Waals surface area contributed by atoms with Gasteiger partial charge in [-0.25, -0.2) is 14.2 Å². The van der Waals surface area contributed by atoms with Gasteiger partial charge in [-0.3, -0.25) is 18.8 Å². The highest BCUT2D eigenvalue weighted by Crippen LogP contribution is 2.31. The van der Waals surface area contributed by atoms with Gasteiger partial charge in [0.1, 0.15) is 0 Å². The van der Waals surface area contributed by atoms with Crippen molar-refractivity contribution in [3.05, 3.63) is 64.9 Å². The summed E-state index contributed by atoms with van der Waals surface area (Å²) in [7, 11) is 3.36. The molecule has 8 nitrogen and oxygen atoms in total. The highest BCUT2D eigenvalue weighted by molar-refractivity contribution is 6.04. The second-order valence-electron chi connectivity index (χ2n) is 8.38. The fourth-order valence-electron chi connectivity index (χ4n) is 4.14. The standard InChI is InChI=1S/C24H24FN7O/c1-13(2)31-12-21(14(3)29-31)32-22-17-8-15(16-9-18(25)23(26-4)28-10-16)6-7-19(17)27-11-20(22)30(5)24(32)33/h6-13H,1-5H3,(H,26,28). The van der Waals surface area contributed by atoms with E-state index in [-0.39, 0.29) is 17.5 Å². The minimum Gasteiger partial charge on any atom is -0.371 e. The lowest BCUT2D eigenvalue weighted by Gasteiger charge is -2.08. The Morgan fingerprint density at radius 3 is 2.55 bits per heavy atom. The molecule has 33 heavy (non-hydrogen) atoms. The van der Waals surface area contributed by atoms with Crippen LogP contribution in [0.3, 0.4) is 0 Å². The van der Waals surface area contributed by atoms with Gasteiger partial charge in [-0.2, -0.15) is 5.10 Å². The average molecular weight is 446 g/mol. The van der Waals surface area contributed by atoms with Gasteiger partial charge >= 0.3 is 5.69 Å². The van der Waals surface area contributed by atoms with Crippen molar-refractivity contribution in [2.75, 3.05) is 12.4 Å². The number of aromatic nitrogens is 6. The zero-order valence-corrected chi connectivity index (χ0v) is 19.1. The van der Waals surface area contributed by atoms with Gasteiger partial charge in [-0.05, 0) is 44.5 Å². The summed E-state index contributed by atoms with van der Waals surface area (Å²) in [6.07, 6.45) is 5.23. The molecule has 9 heteroatoms. The first-order valence-electron chi connectivity index (χ1n) is 10.7. The van der Waals surface area contributed by atoms with Crippen molar-refractivity contribution in [1.29, 1.82) is 0 Å². The fraction of sp³-hybridized carbons (Fsp3) is 0.250. The first kappa shape index (κ1) is 20.9. The van der Waals surface area contributed by atoms with E-state index in [4.69, 9.17) is 0 Å². The zero-order valence-electron chi connectivity index (χ0n) is 19.1. The Kier molecular flexibility index (Phi) is 4.77. The smallest absolute Gasteiger partial charge is 0.333 e. The van der Waals surface area contributed by atoms with Crippen molar-refractivity contribution in [1.82, 2.24) is 28.9 Å². The quantitative estimate of drug-likeness (QED) is 0.448. The third-order valence-electron chi connectivity index (χ3n) is 5.96. The number of rotatable bonds is 4. The van der Waals surface area contributed by atoms with E-state index in [0.29, 0.717) is 11.1 Å². The van der Waals surface area contributed by atoms with Gasteiger partial charge in [0.15, 0.2) is 11.6 Å². The number of halogens is 1. The molecule has 1 N–H and O–H groups in total. The van der Waals surface area contributed by atoms with Crippen LogP contribution in [-0.4, -0.2) is 35.9 Å². The molecule has 0 radical (unpaired) electrons. The summed E-state index contributed by atoms with van der Waals surface area (Å²) >= 11 is 0. The largest absolute Gasteiger partial charge is 0.371 e. The Hall–Kier alpha value is -4.01. The molecule has 0 unspecified atom stereocenters. The van der Waals surface area contributed by atoms with E-state index in [1.165, 1.54) is 6.07 Å². The van der Waals surface area contributed by atoms with Crippen LogP contribution in [0.5, 0.6) is 0 Å². The number of hydrogen-bond donors (Lipinski definition) is 1. The normalized spacial score (nSPS) is 11.7. The molecule has 0 aliphatic carbocycles. The number of pyridine rings is 2. The summed E-state index contributed by atoms with van der Waals surface area (Å²) in [5, 5.41) is 8.11. The lowest BCUT2D eigenvalue weighted by Crippen LogP contribution is -2.21. The molecule has 5 aromatic rings. The molecule has 0 fully saturated rings. The third-order valence-corrected chi connectivity index (χ3v) is 5.96. The maximum atomic E-state index is 14.4. The van der Waals surface area contributed by atoms with Gasteiger partial charge in [0.05, 0.1) is 34.1 Å². The first-order chi connectivity index (χ1) is 15.8. The van der Waals surface area contributed by atoms with Gasteiger partial charge in [-0.15, -0.1) is 0 Å². The van der Waals surface area contributed by atoms with Crippen LogP contribution in [0.15, 0.2) is 47.7 Å². The Morgan fingerprint density at radius 2 is 1.88 bits per heavy atom. The number of nitrogens with zero attached hydrogens (tertiary/aromatic N) is 6. The topological polar surface area (TPSA) is 82.6 Å². The summed E-state index contributed by atoms with van der Waals surface area (Å²) in [5.74, 6) is -0.238. The zero-order chi connectivity index (χ0) is 23.4. The Balaban J connectivity index is 1.82. The molecule has 168 valence electrons. The second-order valence-corrected chi connectivity index (χ2v) is 8.38. The molecular weight excluding hydrogens is 421 g/mol. The molecule has 0 atom stereocenters. The van der Waals surface area contributed by atoms with Crippen molar-refractivity contribution < 1.29 is 4.39 Å². The van der Waals surface area contributed by atoms with Gasteiger partial charge in [0, 0.05) is 43.5 Å². The lowest BCUT2D eigenvalue weighted by atomic mass is 10.0. The number of fused-ring (bicyclic) bond motifs is 3. The van der Waals surface area contributed by atoms with Crippen LogP contribution in [-0.2, 0) is 7.05 Å². The van der Waals surface area contributed by atoms with Gasteiger partial charge in [0.25, 0.3) is 0 Å². The fourth-order valence-corrected chi connectivity index (χ4v) is 4.14. The Labute approximate surface area is 189 Å². The van der Waals surface area contributed by atoms with E-state index in [1.54, 1.807) is 35.6 Å². The van der Waals surface area contributed by atoms with Crippen molar-refractivity contribution in [3.63, 3.8) is 0 Å². The van der Waals surface area contributed by atoms with Gasteiger partial charge in [0.2, 0.25) is 0 Å². The molecule has 0 aliphatic heterocycles. The molecule has 0 saturated heterocycles. The molecule has 0 spiro atoms. The Morgan fingerprint density at radius 1 is 1.09 bits per heavy atom. The summed E-state index contributed by atoms with van der Waals surface area (Å²) < 4.78 is 19.5. The lowest BCUT2D eigenvalue weighted by molar-refractivity contribution is 0.529. The molecule has 4 aromatic heterocycles. The monoisotopic (exact) mass is 445 g/mol. The van der Waals surface area contributed by atoms with Crippen molar-refractivity contribution >= 4 is 27.8 Å². The number of aryl methyl sites for hydroxylation is 2. The minimum atomic E-state index is -0.431. The number of anilines is 1. The molecule has 0 amide bonds. The number of nitrogens with one attached hydrogen (secondary N) is 1. The third kappa shape index (κ3) is 3.19. The second kappa shape index (κ2) is 7.54. The highest BCUT2D eigenvalue weighted by atomic mass is 19.1. The maximum Gasteiger partial charge on any atom is 0.333 e. The molecular formula is C24H24FN7O. The van der Waals surface area contributed by atoms with Crippen LogP contribution >= 0.6 is 0 Å². The van der Waals surface area contributed by atoms with Crippen LogP contribution in [0.1, 0.15) is 25.6 Å². The van der Waals surface area contributed by atoms with E-state index in [0.717, 1.165) is 33.4 Å². The predicted molar refractivity (Wildman–Crippen MR) is 127 cm³/mol. The summed E-state index contributed by atoms with van der Waals surface area (Å²) in [5.41, 5.74) is 4.90. The van der Waals surface area contributed by atoms with E-state index in [9.17, 15) is 9.18 Å². The maximum absolute atomic E-state index is 14.4. The molecule has 1 aromatic carbocycles. The number of hydrogen-bond acceptors (Lipinski definition) is 5. The highest BCUT2D eigenvalue weighted by Gasteiger charge is 2.20. The predicted octanol–water partition coefficient (Wildman–Crippen LogP) is 4.21. The summed E-state index contributed by atoms with van der Waals surface area (Å²) in [6.45, 7) is 5.98. The molecule has 0 aliphatic rings.